The van der Waals surface area contributed by atoms with Gasteiger partial charge in [0.2, 0.25) is 6.33 Å². The monoisotopic (exact) mass is 292 g/mol. The van der Waals surface area contributed by atoms with Crippen molar-refractivity contribution in [3.05, 3.63) is 18.7 Å². The van der Waals surface area contributed by atoms with E-state index >= 15 is 0 Å². The molecule has 112 valence electrons. The molecule has 0 fully saturated rings. The molecule has 0 aliphatic carbocycles. The molecule has 7 heteroatoms. The first kappa shape index (κ1) is 18.3. The van der Waals surface area contributed by atoms with Gasteiger partial charge in [0.25, 0.3) is 7.82 Å². The van der Waals surface area contributed by atoms with Crippen LogP contribution in [0.5, 0.6) is 0 Å². The molecule has 0 radical (unpaired) electrons. The minimum atomic E-state index is -4.89. The van der Waals surface area contributed by atoms with Crippen LogP contribution in [-0.4, -0.2) is 14.4 Å². The molecular formula is C12H25N2O4P. The van der Waals surface area contributed by atoms with E-state index in [-0.39, 0.29) is 0 Å². The Balaban J connectivity index is 0.000000555. The molecule has 19 heavy (non-hydrogen) atoms. The quantitative estimate of drug-likeness (QED) is 0.447. The van der Waals surface area contributed by atoms with Crippen molar-refractivity contribution in [2.45, 2.75) is 52.0 Å². The highest BCUT2D eigenvalue weighted by Gasteiger charge is 1.98. The summed E-state index contributed by atoms with van der Waals surface area (Å²) in [5, 5.41) is 0. The summed E-state index contributed by atoms with van der Waals surface area (Å²) in [7, 11) is -2.82. The Labute approximate surface area is 115 Å². The van der Waals surface area contributed by atoms with Crippen LogP contribution in [0.3, 0.4) is 0 Å². The average molecular weight is 292 g/mol. The van der Waals surface area contributed by atoms with Crippen LogP contribution in [0.4, 0.5) is 0 Å². The van der Waals surface area contributed by atoms with Gasteiger partial charge in [-0.05, 0) is 12.8 Å². The van der Waals surface area contributed by atoms with E-state index in [4.69, 9.17) is 19.2 Å². The number of aromatic nitrogens is 2. The second-order valence-corrected chi connectivity index (χ2v) is 5.56. The lowest BCUT2D eigenvalue weighted by Gasteiger charge is -2.01. The van der Waals surface area contributed by atoms with Crippen molar-refractivity contribution in [3.8, 4) is 0 Å². The molecular weight excluding hydrogens is 267 g/mol. The third-order valence-electron chi connectivity index (χ3n) is 2.59. The lowest BCUT2D eigenvalue weighted by molar-refractivity contribution is -0.671. The van der Waals surface area contributed by atoms with Gasteiger partial charge in [0.1, 0.15) is 12.4 Å². The van der Waals surface area contributed by atoms with Gasteiger partial charge < -0.3 is 14.7 Å². The SMILES string of the molecule is CCCCCCCCn1cc[n+](C)c1.O=P([O-])(O)O. The minimum Gasteiger partial charge on any atom is -0.756 e. The molecule has 1 aromatic rings. The Hall–Kier alpha value is -0.680. The zero-order chi connectivity index (χ0) is 14.7. The van der Waals surface area contributed by atoms with E-state index in [1.165, 1.54) is 45.1 Å². The van der Waals surface area contributed by atoms with Crippen LogP contribution < -0.4 is 9.46 Å². The molecule has 0 bridgehead atoms. The van der Waals surface area contributed by atoms with E-state index in [2.05, 4.69) is 41.8 Å². The number of hydrogen-bond donors (Lipinski definition) is 2. The molecule has 1 aromatic heterocycles. The van der Waals surface area contributed by atoms with E-state index in [0.29, 0.717) is 0 Å². The lowest BCUT2D eigenvalue weighted by atomic mass is 10.1. The molecule has 0 atom stereocenters. The van der Waals surface area contributed by atoms with Gasteiger partial charge in [0.15, 0.2) is 0 Å². The van der Waals surface area contributed by atoms with Crippen molar-refractivity contribution in [1.29, 1.82) is 0 Å². The molecule has 0 saturated carbocycles. The van der Waals surface area contributed by atoms with Crippen LogP contribution in [0.1, 0.15) is 45.4 Å². The smallest absolute Gasteiger partial charge is 0.262 e. The van der Waals surface area contributed by atoms with Crippen LogP contribution in [0, 0.1) is 0 Å². The molecule has 0 aliphatic heterocycles. The first-order valence-electron chi connectivity index (χ1n) is 6.60. The minimum absolute atomic E-state index is 1.17. The predicted molar refractivity (Wildman–Crippen MR) is 71.0 cm³/mol. The number of phosphoric acid groups is 1. The van der Waals surface area contributed by atoms with Gasteiger partial charge in [0.05, 0.1) is 13.6 Å². The summed E-state index contributed by atoms with van der Waals surface area (Å²) in [6, 6.07) is 0. The molecule has 1 heterocycles. The van der Waals surface area contributed by atoms with E-state index in [0.717, 1.165) is 0 Å². The fourth-order valence-electron chi connectivity index (χ4n) is 1.71. The molecule has 0 aromatic carbocycles. The number of unbranched alkanes of at least 4 members (excludes halogenated alkanes) is 5. The van der Waals surface area contributed by atoms with Crippen molar-refractivity contribution < 1.29 is 23.8 Å². The van der Waals surface area contributed by atoms with Crippen LogP contribution in [0.2, 0.25) is 0 Å². The Morgan fingerprint density at radius 2 is 1.74 bits per heavy atom. The van der Waals surface area contributed by atoms with Gasteiger partial charge in [0, 0.05) is 0 Å². The van der Waals surface area contributed by atoms with Gasteiger partial charge >= 0.3 is 0 Å². The van der Waals surface area contributed by atoms with Crippen LogP contribution in [-0.2, 0) is 18.2 Å². The van der Waals surface area contributed by atoms with Gasteiger partial charge in [-0.15, -0.1) is 0 Å². The van der Waals surface area contributed by atoms with Crippen LogP contribution in [0.25, 0.3) is 0 Å². The summed E-state index contributed by atoms with van der Waals surface area (Å²) < 4.78 is 13.1. The van der Waals surface area contributed by atoms with Gasteiger partial charge in [-0.3, -0.25) is 4.57 Å². The Morgan fingerprint density at radius 3 is 2.21 bits per heavy atom. The number of hydrogen-bond acceptors (Lipinski definition) is 2. The van der Waals surface area contributed by atoms with Crippen LogP contribution >= 0.6 is 7.82 Å². The third-order valence-corrected chi connectivity index (χ3v) is 2.59. The predicted octanol–water partition coefficient (Wildman–Crippen LogP) is 1.11. The highest BCUT2D eigenvalue weighted by molar-refractivity contribution is 7.43. The molecule has 0 saturated heterocycles. The van der Waals surface area contributed by atoms with Gasteiger partial charge in [-0.25, -0.2) is 9.13 Å². The topological polar surface area (TPSA) is 89.4 Å². The molecule has 0 amide bonds. The summed E-state index contributed by atoms with van der Waals surface area (Å²) in [6.07, 6.45) is 14.6. The number of imidazole rings is 1. The number of nitrogens with zero attached hydrogens (tertiary/aromatic N) is 2. The molecule has 6 nitrogen and oxygen atoms in total. The second-order valence-electron chi connectivity index (χ2n) is 4.58. The maximum atomic E-state index is 8.77. The summed E-state index contributed by atoms with van der Waals surface area (Å²) in [6.45, 7) is 3.44. The summed E-state index contributed by atoms with van der Waals surface area (Å²) in [5.74, 6) is 0. The summed E-state index contributed by atoms with van der Waals surface area (Å²) in [4.78, 5) is 22.9. The lowest BCUT2D eigenvalue weighted by Crippen LogP contribution is -2.23. The fraction of sp³-hybridized carbons (Fsp3) is 0.750. The van der Waals surface area contributed by atoms with Crippen molar-refractivity contribution in [2.24, 2.45) is 7.05 Å². The highest BCUT2D eigenvalue weighted by atomic mass is 31.2. The largest absolute Gasteiger partial charge is 0.756 e. The zero-order valence-corrected chi connectivity index (χ0v) is 12.6. The van der Waals surface area contributed by atoms with E-state index in [1.807, 2.05) is 0 Å². The average Bonchev–Trinajstić information content (AvgIpc) is 2.67. The molecule has 2 N–H and O–H groups in total. The van der Waals surface area contributed by atoms with Crippen molar-refractivity contribution in [2.75, 3.05) is 0 Å². The van der Waals surface area contributed by atoms with Crippen LogP contribution in [0.15, 0.2) is 18.7 Å². The highest BCUT2D eigenvalue weighted by Crippen LogP contribution is 2.18. The number of aryl methyl sites for hydroxylation is 2. The second kappa shape index (κ2) is 10.1. The van der Waals surface area contributed by atoms with E-state index in [9.17, 15) is 0 Å². The Morgan fingerprint density at radius 1 is 1.21 bits per heavy atom. The molecule has 0 unspecified atom stereocenters. The third kappa shape index (κ3) is 15.3. The van der Waals surface area contributed by atoms with E-state index < -0.39 is 7.82 Å². The number of rotatable bonds is 7. The maximum absolute atomic E-state index is 8.77. The first-order valence-corrected chi connectivity index (χ1v) is 8.13. The standard InChI is InChI=1S/C12H23N2.H3O4P/c1-3-4-5-6-7-8-9-14-11-10-13(2)12-14;1-5(2,3)4/h10-12H,3-9H2,1-2H3;(H3,1,2,3,4)/q+1;/p-1. The Kier molecular flexibility index (Phi) is 9.79. The van der Waals surface area contributed by atoms with Gasteiger partial charge in [-0.2, -0.15) is 0 Å². The molecule has 0 aliphatic rings. The molecule has 1 rings (SSSR count). The van der Waals surface area contributed by atoms with E-state index in [1.54, 1.807) is 0 Å². The van der Waals surface area contributed by atoms with Crippen molar-refractivity contribution in [1.82, 2.24) is 4.57 Å². The molecule has 0 spiro atoms. The normalized spacial score (nSPS) is 11.0. The first-order chi connectivity index (χ1) is 8.83. The summed E-state index contributed by atoms with van der Waals surface area (Å²) >= 11 is 0. The summed E-state index contributed by atoms with van der Waals surface area (Å²) in [5.41, 5.74) is 0. The fourth-order valence-corrected chi connectivity index (χ4v) is 1.71. The zero-order valence-electron chi connectivity index (χ0n) is 11.7. The van der Waals surface area contributed by atoms with Gasteiger partial charge in [-0.1, -0.05) is 32.6 Å². The maximum Gasteiger partial charge on any atom is 0.262 e. The van der Waals surface area contributed by atoms with Crippen molar-refractivity contribution in [3.63, 3.8) is 0 Å². The Bertz CT molecular complexity index is 367. The van der Waals surface area contributed by atoms with Crippen molar-refractivity contribution >= 4 is 7.82 Å².